The number of hydrogen-bond acceptors (Lipinski definition) is 6. The van der Waals surface area contributed by atoms with Crippen molar-refractivity contribution in [3.8, 4) is 0 Å². The van der Waals surface area contributed by atoms with Gasteiger partial charge in [-0.1, -0.05) is 91.0 Å². The van der Waals surface area contributed by atoms with Crippen molar-refractivity contribution in [1.82, 2.24) is 0 Å². The molecule has 0 aliphatic carbocycles. The SMILES string of the molecule is COC(=O)CC[C@H]1O[C@@H](COCc2ccccc2)[C@@H](OCc2ccccc2)[C@H]1OCc1ccccc1. The molecule has 0 aromatic heterocycles. The number of carbonyl (C=O) groups excluding carboxylic acids is 1. The second-order valence-electron chi connectivity index (χ2n) is 8.85. The smallest absolute Gasteiger partial charge is 0.305 e. The Kier molecular flexibility index (Phi) is 10.1. The molecule has 6 heteroatoms. The number of benzene rings is 3. The van der Waals surface area contributed by atoms with Crippen LogP contribution in [0.4, 0.5) is 0 Å². The van der Waals surface area contributed by atoms with Gasteiger partial charge in [-0.2, -0.15) is 0 Å². The normalized spacial score (nSPS) is 21.4. The molecule has 1 fully saturated rings. The molecule has 1 aliphatic rings. The molecule has 0 amide bonds. The average Bonchev–Trinajstić information content (AvgIpc) is 3.27. The number of carbonyl (C=O) groups is 1. The van der Waals surface area contributed by atoms with Gasteiger partial charge in [0.2, 0.25) is 0 Å². The van der Waals surface area contributed by atoms with Gasteiger partial charge in [0, 0.05) is 6.42 Å². The summed E-state index contributed by atoms with van der Waals surface area (Å²) in [6.45, 7) is 1.69. The average molecular weight is 491 g/mol. The van der Waals surface area contributed by atoms with Gasteiger partial charge < -0.3 is 23.7 Å². The van der Waals surface area contributed by atoms with Crippen LogP contribution in [-0.4, -0.2) is 44.1 Å². The summed E-state index contributed by atoms with van der Waals surface area (Å²) >= 11 is 0. The van der Waals surface area contributed by atoms with Gasteiger partial charge in [0.05, 0.1) is 39.6 Å². The van der Waals surface area contributed by atoms with Crippen LogP contribution in [0.2, 0.25) is 0 Å². The maximum absolute atomic E-state index is 11.9. The summed E-state index contributed by atoms with van der Waals surface area (Å²) < 4.78 is 30.1. The van der Waals surface area contributed by atoms with Crippen molar-refractivity contribution in [2.24, 2.45) is 0 Å². The highest BCUT2D eigenvalue weighted by molar-refractivity contribution is 5.69. The maximum atomic E-state index is 11.9. The lowest BCUT2D eigenvalue weighted by Crippen LogP contribution is -2.39. The predicted molar refractivity (Wildman–Crippen MR) is 136 cm³/mol. The van der Waals surface area contributed by atoms with E-state index in [4.69, 9.17) is 23.7 Å². The zero-order valence-corrected chi connectivity index (χ0v) is 20.7. The second-order valence-corrected chi connectivity index (χ2v) is 8.85. The highest BCUT2D eigenvalue weighted by Crippen LogP contribution is 2.31. The fourth-order valence-electron chi connectivity index (χ4n) is 4.34. The Morgan fingerprint density at radius 1 is 0.694 bits per heavy atom. The van der Waals surface area contributed by atoms with Crippen LogP contribution in [0.5, 0.6) is 0 Å². The highest BCUT2D eigenvalue weighted by atomic mass is 16.6. The van der Waals surface area contributed by atoms with E-state index in [1.165, 1.54) is 7.11 Å². The Hall–Kier alpha value is -3.03. The van der Waals surface area contributed by atoms with Gasteiger partial charge in [0.25, 0.3) is 0 Å². The fraction of sp³-hybridized carbons (Fsp3) is 0.367. The van der Waals surface area contributed by atoms with E-state index in [1.54, 1.807) is 0 Å². The van der Waals surface area contributed by atoms with E-state index in [-0.39, 0.29) is 36.8 Å². The quantitative estimate of drug-likeness (QED) is 0.311. The molecule has 3 aromatic carbocycles. The first-order chi connectivity index (χ1) is 17.7. The molecule has 0 bridgehead atoms. The number of ether oxygens (including phenoxy) is 5. The summed E-state index contributed by atoms with van der Waals surface area (Å²) in [7, 11) is 1.40. The monoisotopic (exact) mass is 490 g/mol. The first-order valence-corrected chi connectivity index (χ1v) is 12.4. The van der Waals surface area contributed by atoms with E-state index >= 15 is 0 Å². The summed E-state index contributed by atoms with van der Waals surface area (Å²) in [6.07, 6.45) is -0.641. The Morgan fingerprint density at radius 3 is 1.67 bits per heavy atom. The molecule has 0 N–H and O–H groups in total. The van der Waals surface area contributed by atoms with Crippen LogP contribution in [0.25, 0.3) is 0 Å². The Bertz CT molecular complexity index is 1030. The third-order valence-corrected chi connectivity index (χ3v) is 6.23. The molecule has 1 heterocycles. The summed E-state index contributed by atoms with van der Waals surface area (Å²) in [4.78, 5) is 11.9. The molecule has 3 aromatic rings. The van der Waals surface area contributed by atoms with Crippen LogP contribution in [0, 0.1) is 0 Å². The van der Waals surface area contributed by atoms with Crippen molar-refractivity contribution in [1.29, 1.82) is 0 Å². The minimum atomic E-state index is -0.358. The van der Waals surface area contributed by atoms with Crippen LogP contribution < -0.4 is 0 Å². The molecular weight excluding hydrogens is 456 g/mol. The molecular formula is C30H34O6. The number of rotatable bonds is 13. The molecule has 4 atom stereocenters. The van der Waals surface area contributed by atoms with Crippen molar-refractivity contribution in [3.05, 3.63) is 108 Å². The lowest BCUT2D eigenvalue weighted by molar-refractivity contribution is -0.142. The third kappa shape index (κ3) is 7.73. The van der Waals surface area contributed by atoms with Gasteiger partial charge in [-0.15, -0.1) is 0 Å². The van der Waals surface area contributed by atoms with Gasteiger partial charge in [-0.3, -0.25) is 4.79 Å². The van der Waals surface area contributed by atoms with Crippen LogP contribution in [0.15, 0.2) is 91.0 Å². The van der Waals surface area contributed by atoms with Gasteiger partial charge >= 0.3 is 5.97 Å². The summed E-state index contributed by atoms with van der Waals surface area (Å²) in [5.41, 5.74) is 3.23. The van der Waals surface area contributed by atoms with Crippen LogP contribution >= 0.6 is 0 Å². The lowest BCUT2D eigenvalue weighted by atomic mass is 10.0. The largest absolute Gasteiger partial charge is 0.469 e. The zero-order chi connectivity index (χ0) is 25.0. The number of methoxy groups -OCH3 is 1. The van der Waals surface area contributed by atoms with E-state index in [2.05, 4.69) is 0 Å². The van der Waals surface area contributed by atoms with Crippen molar-refractivity contribution in [2.75, 3.05) is 13.7 Å². The maximum Gasteiger partial charge on any atom is 0.305 e. The van der Waals surface area contributed by atoms with E-state index in [9.17, 15) is 4.79 Å². The van der Waals surface area contributed by atoms with Crippen molar-refractivity contribution in [2.45, 2.75) is 57.1 Å². The van der Waals surface area contributed by atoms with E-state index in [0.29, 0.717) is 32.8 Å². The van der Waals surface area contributed by atoms with Crippen molar-refractivity contribution < 1.29 is 28.5 Å². The first-order valence-electron chi connectivity index (χ1n) is 12.4. The number of hydrogen-bond donors (Lipinski definition) is 0. The molecule has 1 aliphatic heterocycles. The Balaban J connectivity index is 1.47. The Labute approximate surface area is 213 Å². The van der Waals surface area contributed by atoms with Crippen molar-refractivity contribution in [3.63, 3.8) is 0 Å². The second kappa shape index (κ2) is 13.9. The summed E-state index contributed by atoms with van der Waals surface area (Å²) in [5.74, 6) is -0.272. The molecule has 0 saturated carbocycles. The van der Waals surface area contributed by atoms with Gasteiger partial charge in [0.15, 0.2) is 0 Å². The van der Waals surface area contributed by atoms with Gasteiger partial charge in [0.1, 0.15) is 18.3 Å². The topological polar surface area (TPSA) is 63.2 Å². The minimum Gasteiger partial charge on any atom is -0.469 e. The lowest BCUT2D eigenvalue weighted by Gasteiger charge is -2.25. The summed E-state index contributed by atoms with van der Waals surface area (Å²) in [6, 6.07) is 30.1. The molecule has 1 saturated heterocycles. The number of esters is 1. The van der Waals surface area contributed by atoms with E-state index in [1.807, 2.05) is 91.0 Å². The van der Waals surface area contributed by atoms with E-state index < -0.39 is 0 Å². The molecule has 36 heavy (non-hydrogen) atoms. The zero-order valence-electron chi connectivity index (χ0n) is 20.7. The molecule has 0 radical (unpaired) electrons. The molecule has 6 nitrogen and oxygen atoms in total. The Morgan fingerprint density at radius 2 is 1.17 bits per heavy atom. The fourth-order valence-corrected chi connectivity index (χ4v) is 4.34. The van der Waals surface area contributed by atoms with Crippen LogP contribution in [-0.2, 0) is 48.3 Å². The van der Waals surface area contributed by atoms with E-state index in [0.717, 1.165) is 16.7 Å². The highest BCUT2D eigenvalue weighted by Gasteiger charge is 2.46. The molecule has 4 rings (SSSR count). The standard InChI is InChI=1S/C30H34O6/c1-32-28(31)18-17-26-29(34-20-24-13-7-3-8-14-24)30(35-21-25-15-9-4-10-16-25)27(36-26)22-33-19-23-11-5-2-6-12-23/h2-16,26-27,29-30H,17-22H2,1H3/t26-,27+,29+,30-/m1/s1. The minimum absolute atomic E-state index is 0.245. The first kappa shape index (κ1) is 26.0. The third-order valence-electron chi connectivity index (χ3n) is 6.23. The van der Waals surface area contributed by atoms with Crippen molar-refractivity contribution >= 4 is 5.97 Å². The van der Waals surface area contributed by atoms with Crippen LogP contribution in [0.1, 0.15) is 29.5 Å². The molecule has 0 spiro atoms. The molecule has 190 valence electrons. The summed E-state index contributed by atoms with van der Waals surface area (Å²) in [5, 5.41) is 0. The molecule has 0 unspecified atom stereocenters. The predicted octanol–water partition coefficient (Wildman–Crippen LogP) is 5.09. The van der Waals surface area contributed by atoms with Gasteiger partial charge in [-0.05, 0) is 23.1 Å². The van der Waals surface area contributed by atoms with Crippen LogP contribution in [0.3, 0.4) is 0 Å². The van der Waals surface area contributed by atoms with Gasteiger partial charge in [-0.25, -0.2) is 0 Å².